The molecule has 1 amide bonds. The number of aryl methyl sites for hydroxylation is 3. The van der Waals surface area contributed by atoms with Gasteiger partial charge in [0.2, 0.25) is 11.7 Å². The number of carbonyl (C=O) groups is 1. The van der Waals surface area contributed by atoms with Crippen LogP contribution in [-0.4, -0.2) is 22.7 Å². The molecule has 7 heteroatoms. The minimum atomic E-state index is -0.245. The Hall–Kier alpha value is -2.86. The number of nitrogens with zero attached hydrogens (tertiary/aromatic N) is 2. The number of rotatable bonds is 5. The third kappa shape index (κ3) is 4.21. The highest BCUT2D eigenvalue weighted by atomic mass is 35.5. The van der Waals surface area contributed by atoms with E-state index in [-0.39, 0.29) is 12.5 Å². The lowest BCUT2D eigenvalue weighted by Crippen LogP contribution is -2.20. The van der Waals surface area contributed by atoms with Crippen molar-refractivity contribution < 1.29 is 14.1 Å². The van der Waals surface area contributed by atoms with Crippen molar-refractivity contribution in [3.05, 3.63) is 58.4 Å². The summed E-state index contributed by atoms with van der Waals surface area (Å²) in [6, 6.07) is 10.8. The van der Waals surface area contributed by atoms with Crippen LogP contribution in [0.15, 0.2) is 40.9 Å². The molecule has 2 aromatic carbocycles. The highest BCUT2D eigenvalue weighted by Gasteiger charge is 2.11. The van der Waals surface area contributed by atoms with E-state index in [1.165, 1.54) is 0 Å². The van der Waals surface area contributed by atoms with Gasteiger partial charge in [0, 0.05) is 23.2 Å². The molecule has 0 aliphatic carbocycles. The first kappa shape index (κ1) is 17.9. The van der Waals surface area contributed by atoms with Gasteiger partial charge in [0.05, 0.1) is 0 Å². The molecule has 1 N–H and O–H groups in total. The van der Waals surface area contributed by atoms with Crippen LogP contribution >= 0.6 is 11.6 Å². The second-order valence-corrected chi connectivity index (χ2v) is 6.35. The number of aromatic nitrogens is 2. The molecular weight excluding hydrogens is 354 g/mol. The number of anilines is 1. The summed E-state index contributed by atoms with van der Waals surface area (Å²) in [5.41, 5.74) is 3.29. The van der Waals surface area contributed by atoms with E-state index in [4.69, 9.17) is 20.9 Å². The molecule has 1 aromatic heterocycles. The normalized spacial score (nSPS) is 10.6. The Balaban J connectivity index is 1.64. The third-order valence-corrected chi connectivity index (χ3v) is 4.02. The Kier molecular flexibility index (Phi) is 5.23. The van der Waals surface area contributed by atoms with Crippen molar-refractivity contribution in [3.8, 4) is 17.1 Å². The molecular formula is C19H18ClN3O3. The topological polar surface area (TPSA) is 77.2 Å². The van der Waals surface area contributed by atoms with E-state index in [0.717, 1.165) is 16.7 Å². The summed E-state index contributed by atoms with van der Waals surface area (Å²) < 4.78 is 10.5. The molecule has 0 fully saturated rings. The van der Waals surface area contributed by atoms with Gasteiger partial charge >= 0.3 is 0 Å². The maximum atomic E-state index is 12.2. The van der Waals surface area contributed by atoms with Gasteiger partial charge in [-0.3, -0.25) is 4.79 Å². The Labute approximate surface area is 156 Å². The number of ether oxygens (including phenoxy) is 1. The lowest BCUT2D eigenvalue weighted by molar-refractivity contribution is -0.118. The first-order valence-corrected chi connectivity index (χ1v) is 8.40. The second-order valence-electron chi connectivity index (χ2n) is 5.91. The molecule has 0 bridgehead atoms. The summed E-state index contributed by atoms with van der Waals surface area (Å²) in [4.78, 5) is 16.4. The number of amides is 1. The van der Waals surface area contributed by atoms with E-state index in [9.17, 15) is 4.79 Å². The molecule has 0 saturated carbocycles. The highest BCUT2D eigenvalue weighted by Crippen LogP contribution is 2.24. The van der Waals surface area contributed by atoms with E-state index in [1.807, 2.05) is 32.0 Å². The first-order chi connectivity index (χ1) is 12.4. The average Bonchev–Trinajstić information content (AvgIpc) is 3.02. The average molecular weight is 372 g/mol. The summed E-state index contributed by atoms with van der Waals surface area (Å²) in [5, 5.41) is 7.36. The van der Waals surface area contributed by atoms with E-state index >= 15 is 0 Å². The van der Waals surface area contributed by atoms with E-state index in [0.29, 0.717) is 28.2 Å². The minimum Gasteiger partial charge on any atom is -0.483 e. The smallest absolute Gasteiger partial charge is 0.262 e. The van der Waals surface area contributed by atoms with E-state index in [2.05, 4.69) is 15.5 Å². The van der Waals surface area contributed by atoms with Gasteiger partial charge in [-0.1, -0.05) is 16.8 Å². The Bertz CT molecular complexity index is 953. The largest absolute Gasteiger partial charge is 0.483 e. The quantitative estimate of drug-likeness (QED) is 0.722. The van der Waals surface area contributed by atoms with Crippen molar-refractivity contribution in [1.29, 1.82) is 0 Å². The van der Waals surface area contributed by atoms with Crippen molar-refractivity contribution >= 4 is 23.2 Å². The van der Waals surface area contributed by atoms with Crippen molar-refractivity contribution in [2.24, 2.45) is 0 Å². The van der Waals surface area contributed by atoms with Gasteiger partial charge in [0.25, 0.3) is 5.91 Å². The van der Waals surface area contributed by atoms with Crippen LogP contribution in [0.2, 0.25) is 5.02 Å². The SMILES string of the molecule is Cc1nc(-c2ccc(NC(=O)COc3ccc(Cl)cc3C)c(C)c2)no1. The molecule has 0 saturated heterocycles. The lowest BCUT2D eigenvalue weighted by atomic mass is 10.1. The molecule has 3 aromatic rings. The lowest BCUT2D eigenvalue weighted by Gasteiger charge is -2.11. The van der Waals surface area contributed by atoms with E-state index in [1.54, 1.807) is 25.1 Å². The first-order valence-electron chi connectivity index (χ1n) is 8.02. The predicted octanol–water partition coefficient (Wildman–Crippen LogP) is 4.33. The fraction of sp³-hybridized carbons (Fsp3) is 0.211. The molecule has 26 heavy (non-hydrogen) atoms. The molecule has 3 rings (SSSR count). The zero-order valence-corrected chi connectivity index (χ0v) is 15.4. The van der Waals surface area contributed by atoms with Crippen LogP contribution in [0.4, 0.5) is 5.69 Å². The van der Waals surface area contributed by atoms with Crippen molar-refractivity contribution in [2.75, 3.05) is 11.9 Å². The van der Waals surface area contributed by atoms with Crippen LogP contribution in [0.1, 0.15) is 17.0 Å². The van der Waals surface area contributed by atoms with Gasteiger partial charge in [-0.2, -0.15) is 4.98 Å². The zero-order chi connectivity index (χ0) is 18.7. The summed E-state index contributed by atoms with van der Waals surface area (Å²) >= 11 is 5.91. The number of benzene rings is 2. The molecule has 0 radical (unpaired) electrons. The zero-order valence-electron chi connectivity index (χ0n) is 14.7. The van der Waals surface area contributed by atoms with Crippen LogP contribution in [0, 0.1) is 20.8 Å². The maximum Gasteiger partial charge on any atom is 0.262 e. The number of carbonyl (C=O) groups excluding carboxylic acids is 1. The van der Waals surface area contributed by atoms with Crippen LogP contribution in [0.5, 0.6) is 5.75 Å². The monoisotopic (exact) mass is 371 g/mol. The van der Waals surface area contributed by atoms with Gasteiger partial charge in [-0.15, -0.1) is 0 Å². The predicted molar refractivity (Wildman–Crippen MR) is 99.5 cm³/mol. The number of hydrogen-bond acceptors (Lipinski definition) is 5. The summed E-state index contributed by atoms with van der Waals surface area (Å²) in [6.45, 7) is 5.42. The fourth-order valence-electron chi connectivity index (χ4n) is 2.46. The van der Waals surface area contributed by atoms with Gasteiger partial charge in [-0.25, -0.2) is 0 Å². The van der Waals surface area contributed by atoms with Crippen LogP contribution in [-0.2, 0) is 4.79 Å². The van der Waals surface area contributed by atoms with Crippen LogP contribution in [0.3, 0.4) is 0 Å². The summed E-state index contributed by atoms with van der Waals surface area (Å²) in [5.74, 6) is 1.41. The van der Waals surface area contributed by atoms with Crippen molar-refractivity contribution in [3.63, 3.8) is 0 Å². The molecule has 6 nitrogen and oxygen atoms in total. The molecule has 0 aliphatic heterocycles. The standard InChI is InChI=1S/C19H18ClN3O3/c1-11-8-14(19-21-13(3)26-23-19)4-6-16(11)22-18(24)10-25-17-7-5-15(20)9-12(17)2/h4-9H,10H2,1-3H3,(H,22,24). The number of halogens is 1. The van der Waals surface area contributed by atoms with Gasteiger partial charge < -0.3 is 14.6 Å². The van der Waals surface area contributed by atoms with Gasteiger partial charge in [0.1, 0.15) is 5.75 Å². The molecule has 134 valence electrons. The maximum absolute atomic E-state index is 12.2. The Morgan fingerprint density at radius 3 is 2.62 bits per heavy atom. The molecule has 0 unspecified atom stereocenters. The number of nitrogens with one attached hydrogen (secondary N) is 1. The molecule has 0 aliphatic rings. The van der Waals surface area contributed by atoms with Crippen molar-refractivity contribution in [2.45, 2.75) is 20.8 Å². The molecule has 0 atom stereocenters. The van der Waals surface area contributed by atoms with E-state index < -0.39 is 0 Å². The minimum absolute atomic E-state index is 0.0896. The number of hydrogen-bond donors (Lipinski definition) is 1. The Morgan fingerprint density at radius 1 is 1.15 bits per heavy atom. The van der Waals surface area contributed by atoms with Crippen molar-refractivity contribution in [1.82, 2.24) is 10.1 Å². The van der Waals surface area contributed by atoms with Gasteiger partial charge in [-0.05, 0) is 61.4 Å². The second kappa shape index (κ2) is 7.58. The summed E-state index contributed by atoms with van der Waals surface area (Å²) in [7, 11) is 0. The summed E-state index contributed by atoms with van der Waals surface area (Å²) in [6.07, 6.45) is 0. The fourth-order valence-corrected chi connectivity index (χ4v) is 2.69. The third-order valence-electron chi connectivity index (χ3n) is 3.78. The Morgan fingerprint density at radius 2 is 1.96 bits per heavy atom. The molecule has 1 heterocycles. The highest BCUT2D eigenvalue weighted by molar-refractivity contribution is 6.30. The van der Waals surface area contributed by atoms with Crippen LogP contribution in [0.25, 0.3) is 11.4 Å². The van der Waals surface area contributed by atoms with Crippen LogP contribution < -0.4 is 10.1 Å². The molecule has 0 spiro atoms. The van der Waals surface area contributed by atoms with Gasteiger partial charge in [0.15, 0.2) is 6.61 Å².